The summed E-state index contributed by atoms with van der Waals surface area (Å²) in [5.74, 6) is 0.423. The predicted octanol–water partition coefficient (Wildman–Crippen LogP) is 2.21. The number of anilines is 1. The normalized spacial score (nSPS) is 10.9. The maximum atomic E-state index is 13.0. The zero-order valence-electron chi connectivity index (χ0n) is 12.6. The Morgan fingerprint density at radius 2 is 2.00 bits per heavy atom. The molecule has 0 atom stereocenters. The standard InChI is InChI=1S/C15H19FN4O2/c1-10(2)15-19-18-14(22-15)9-20(8-7-13(17)21)12-5-3-11(16)4-6-12/h3-6,10H,7-9H2,1-2H3,(H2,17,21). The minimum absolute atomic E-state index is 0.145. The van der Waals surface area contributed by atoms with Gasteiger partial charge < -0.3 is 15.1 Å². The molecule has 0 radical (unpaired) electrons. The molecule has 1 amide bonds. The average molecular weight is 306 g/mol. The lowest BCUT2D eigenvalue weighted by Gasteiger charge is -2.22. The van der Waals surface area contributed by atoms with Crippen molar-refractivity contribution in [2.45, 2.75) is 32.7 Å². The van der Waals surface area contributed by atoms with Gasteiger partial charge in [-0.3, -0.25) is 4.79 Å². The lowest BCUT2D eigenvalue weighted by Crippen LogP contribution is -2.27. The fourth-order valence-corrected chi connectivity index (χ4v) is 1.92. The van der Waals surface area contributed by atoms with E-state index in [2.05, 4.69) is 10.2 Å². The maximum absolute atomic E-state index is 13.0. The first-order valence-electron chi connectivity index (χ1n) is 7.07. The summed E-state index contributed by atoms with van der Waals surface area (Å²) in [5.41, 5.74) is 5.96. The monoisotopic (exact) mass is 306 g/mol. The van der Waals surface area contributed by atoms with E-state index in [0.29, 0.717) is 24.9 Å². The number of aromatic nitrogens is 2. The summed E-state index contributed by atoms with van der Waals surface area (Å²) in [7, 11) is 0. The van der Waals surface area contributed by atoms with Gasteiger partial charge in [-0.2, -0.15) is 0 Å². The number of benzene rings is 1. The molecule has 0 unspecified atom stereocenters. The lowest BCUT2D eigenvalue weighted by molar-refractivity contribution is -0.117. The second-order valence-electron chi connectivity index (χ2n) is 5.30. The highest BCUT2D eigenvalue weighted by Crippen LogP contribution is 2.19. The van der Waals surface area contributed by atoms with Gasteiger partial charge in [-0.1, -0.05) is 13.8 Å². The van der Waals surface area contributed by atoms with Gasteiger partial charge in [-0.25, -0.2) is 4.39 Å². The Hall–Kier alpha value is -2.44. The molecule has 0 saturated heterocycles. The van der Waals surface area contributed by atoms with Crippen molar-refractivity contribution < 1.29 is 13.6 Å². The molecule has 118 valence electrons. The van der Waals surface area contributed by atoms with Crippen molar-refractivity contribution in [3.05, 3.63) is 41.9 Å². The molecule has 0 fully saturated rings. The second-order valence-corrected chi connectivity index (χ2v) is 5.30. The molecule has 2 rings (SSSR count). The van der Waals surface area contributed by atoms with Gasteiger partial charge in [0.05, 0.1) is 6.54 Å². The molecule has 0 saturated carbocycles. The van der Waals surface area contributed by atoms with Gasteiger partial charge in [0.1, 0.15) is 5.82 Å². The molecule has 0 aliphatic rings. The number of carbonyl (C=O) groups excluding carboxylic acids is 1. The van der Waals surface area contributed by atoms with Crippen LogP contribution in [0.25, 0.3) is 0 Å². The van der Waals surface area contributed by atoms with E-state index in [0.717, 1.165) is 5.69 Å². The van der Waals surface area contributed by atoms with Crippen molar-refractivity contribution >= 4 is 11.6 Å². The van der Waals surface area contributed by atoms with Crippen LogP contribution in [-0.2, 0) is 11.3 Å². The van der Waals surface area contributed by atoms with Crippen LogP contribution < -0.4 is 10.6 Å². The van der Waals surface area contributed by atoms with E-state index in [1.807, 2.05) is 18.7 Å². The fraction of sp³-hybridized carbons (Fsp3) is 0.400. The summed E-state index contributed by atoms with van der Waals surface area (Å²) in [6.45, 7) is 4.64. The number of rotatable bonds is 7. The van der Waals surface area contributed by atoms with E-state index in [4.69, 9.17) is 10.2 Å². The van der Waals surface area contributed by atoms with Crippen LogP contribution >= 0.6 is 0 Å². The Labute approximate surface area is 128 Å². The molecule has 1 aromatic carbocycles. The summed E-state index contributed by atoms with van der Waals surface area (Å²) in [5, 5.41) is 7.98. The molecule has 0 aliphatic heterocycles. The number of nitrogens with zero attached hydrogens (tertiary/aromatic N) is 3. The highest BCUT2D eigenvalue weighted by molar-refractivity contribution is 5.74. The summed E-state index contributed by atoms with van der Waals surface area (Å²) >= 11 is 0. The topological polar surface area (TPSA) is 85.3 Å². The van der Waals surface area contributed by atoms with Crippen LogP contribution in [-0.4, -0.2) is 22.6 Å². The van der Waals surface area contributed by atoms with Crippen molar-refractivity contribution in [3.63, 3.8) is 0 Å². The minimum atomic E-state index is -0.402. The van der Waals surface area contributed by atoms with Crippen LogP contribution in [0, 0.1) is 5.82 Å². The molecule has 7 heteroatoms. The minimum Gasteiger partial charge on any atom is -0.423 e. The predicted molar refractivity (Wildman–Crippen MR) is 79.6 cm³/mol. The highest BCUT2D eigenvalue weighted by atomic mass is 19.1. The number of hydrogen-bond acceptors (Lipinski definition) is 5. The summed E-state index contributed by atoms with van der Waals surface area (Å²) in [4.78, 5) is 12.9. The van der Waals surface area contributed by atoms with Crippen LogP contribution in [0.2, 0.25) is 0 Å². The van der Waals surface area contributed by atoms with E-state index in [1.54, 1.807) is 12.1 Å². The number of carbonyl (C=O) groups is 1. The van der Waals surface area contributed by atoms with E-state index in [-0.39, 0.29) is 18.2 Å². The van der Waals surface area contributed by atoms with E-state index < -0.39 is 5.91 Å². The number of primary amides is 1. The summed E-state index contributed by atoms with van der Waals surface area (Å²) in [6, 6.07) is 5.99. The van der Waals surface area contributed by atoms with Crippen molar-refractivity contribution in [2.24, 2.45) is 5.73 Å². The number of nitrogens with two attached hydrogens (primary N) is 1. The van der Waals surface area contributed by atoms with Gasteiger partial charge in [-0.15, -0.1) is 10.2 Å². The largest absolute Gasteiger partial charge is 0.423 e. The second kappa shape index (κ2) is 7.02. The first-order chi connectivity index (χ1) is 10.5. The lowest BCUT2D eigenvalue weighted by atomic mass is 10.2. The van der Waals surface area contributed by atoms with Crippen LogP contribution in [0.3, 0.4) is 0 Å². The van der Waals surface area contributed by atoms with Gasteiger partial charge in [0.15, 0.2) is 0 Å². The molecular formula is C15H19FN4O2. The van der Waals surface area contributed by atoms with Crippen molar-refractivity contribution in [3.8, 4) is 0 Å². The summed E-state index contributed by atoms with van der Waals surface area (Å²) in [6.07, 6.45) is 0.183. The third-order valence-electron chi connectivity index (χ3n) is 3.12. The van der Waals surface area contributed by atoms with E-state index in [1.165, 1.54) is 12.1 Å². The van der Waals surface area contributed by atoms with E-state index in [9.17, 15) is 9.18 Å². The third-order valence-corrected chi connectivity index (χ3v) is 3.12. The molecular weight excluding hydrogens is 287 g/mol. The van der Waals surface area contributed by atoms with E-state index >= 15 is 0 Å². The molecule has 0 aliphatic carbocycles. The maximum Gasteiger partial charge on any atom is 0.235 e. The van der Waals surface area contributed by atoms with Crippen LogP contribution in [0.4, 0.5) is 10.1 Å². The smallest absolute Gasteiger partial charge is 0.235 e. The van der Waals surface area contributed by atoms with Gasteiger partial charge in [0.25, 0.3) is 0 Å². The van der Waals surface area contributed by atoms with Gasteiger partial charge in [-0.05, 0) is 24.3 Å². The van der Waals surface area contributed by atoms with Gasteiger partial charge >= 0.3 is 0 Å². The molecule has 1 heterocycles. The number of halogens is 1. The Morgan fingerprint density at radius 3 is 2.55 bits per heavy atom. The average Bonchev–Trinajstić information content (AvgIpc) is 2.93. The molecule has 2 N–H and O–H groups in total. The fourth-order valence-electron chi connectivity index (χ4n) is 1.92. The zero-order valence-corrected chi connectivity index (χ0v) is 12.6. The van der Waals surface area contributed by atoms with Gasteiger partial charge in [0.2, 0.25) is 17.7 Å². The molecule has 1 aromatic heterocycles. The van der Waals surface area contributed by atoms with Crippen LogP contribution in [0.15, 0.2) is 28.7 Å². The Balaban J connectivity index is 2.15. The quantitative estimate of drug-likeness (QED) is 0.847. The Morgan fingerprint density at radius 1 is 1.32 bits per heavy atom. The third kappa shape index (κ3) is 4.28. The SMILES string of the molecule is CC(C)c1nnc(CN(CCC(N)=O)c2ccc(F)cc2)o1. The molecule has 0 bridgehead atoms. The van der Waals surface area contributed by atoms with Crippen molar-refractivity contribution in [1.82, 2.24) is 10.2 Å². The molecule has 0 spiro atoms. The highest BCUT2D eigenvalue weighted by Gasteiger charge is 2.15. The molecule has 22 heavy (non-hydrogen) atoms. The summed E-state index contributed by atoms with van der Waals surface area (Å²) < 4.78 is 18.6. The van der Waals surface area contributed by atoms with Gasteiger partial charge in [0, 0.05) is 24.6 Å². The zero-order chi connectivity index (χ0) is 16.1. The van der Waals surface area contributed by atoms with Crippen molar-refractivity contribution in [1.29, 1.82) is 0 Å². The first-order valence-corrected chi connectivity index (χ1v) is 7.07. The Kier molecular flexibility index (Phi) is 5.08. The van der Waals surface area contributed by atoms with Crippen LogP contribution in [0.5, 0.6) is 0 Å². The van der Waals surface area contributed by atoms with Crippen molar-refractivity contribution in [2.75, 3.05) is 11.4 Å². The molecule has 2 aromatic rings. The Bertz CT molecular complexity index is 625. The van der Waals surface area contributed by atoms with Crippen LogP contribution in [0.1, 0.15) is 38.0 Å². The number of amides is 1. The first kappa shape index (κ1) is 15.9. The number of hydrogen-bond donors (Lipinski definition) is 1. The molecule has 6 nitrogen and oxygen atoms in total.